The minimum absolute atomic E-state index is 0.0962. The molecule has 6 heteroatoms. The van der Waals surface area contributed by atoms with Gasteiger partial charge >= 0.3 is 11.9 Å². The van der Waals surface area contributed by atoms with Crippen LogP contribution >= 0.6 is 0 Å². The van der Waals surface area contributed by atoms with Crippen LogP contribution < -0.4 is 0 Å². The summed E-state index contributed by atoms with van der Waals surface area (Å²) in [5.74, 6) is -0.611. The number of para-hydroxylation sites is 1. The van der Waals surface area contributed by atoms with Crippen LogP contribution in [-0.2, 0) is 20.7 Å². The lowest BCUT2D eigenvalue weighted by atomic mass is 9.86. The van der Waals surface area contributed by atoms with Gasteiger partial charge in [0.1, 0.15) is 6.04 Å². The number of aromatic nitrogens is 1. The van der Waals surface area contributed by atoms with Crippen LogP contribution in [0.1, 0.15) is 47.1 Å². The van der Waals surface area contributed by atoms with Crippen molar-refractivity contribution >= 4 is 22.8 Å². The Hall–Kier alpha value is -3.12. The summed E-state index contributed by atoms with van der Waals surface area (Å²) in [6, 6.07) is 15.1. The first-order valence-corrected chi connectivity index (χ1v) is 10.1. The van der Waals surface area contributed by atoms with Gasteiger partial charge in [0.05, 0.1) is 25.8 Å². The molecule has 3 aromatic rings. The standard InChI is InChI=1S/C24H26N2O4/c1-14(2)26-20(24(28)30-4)13-18-17-7-5-6-8-19(17)25-21(18)22(26)15-9-11-16(12-10-15)23(27)29-3/h5-12,14,20,22,25H,13H2,1-4H3/t20?,22-/m0/s1. The van der Waals surface area contributed by atoms with Crippen molar-refractivity contribution in [1.29, 1.82) is 0 Å². The lowest BCUT2D eigenvalue weighted by Gasteiger charge is -2.43. The molecular formula is C24H26N2O4. The molecule has 1 aromatic heterocycles. The number of nitrogens with one attached hydrogen (secondary N) is 1. The van der Waals surface area contributed by atoms with E-state index in [2.05, 4.69) is 35.9 Å². The van der Waals surface area contributed by atoms with E-state index < -0.39 is 6.04 Å². The summed E-state index contributed by atoms with van der Waals surface area (Å²) in [6.45, 7) is 4.17. The van der Waals surface area contributed by atoms with E-state index in [0.717, 1.165) is 27.7 Å². The summed E-state index contributed by atoms with van der Waals surface area (Å²) in [7, 11) is 2.81. The van der Waals surface area contributed by atoms with Gasteiger partial charge in [-0.1, -0.05) is 30.3 Å². The first-order valence-electron chi connectivity index (χ1n) is 10.1. The number of benzene rings is 2. The lowest BCUT2D eigenvalue weighted by Crippen LogP contribution is -2.52. The van der Waals surface area contributed by atoms with Crippen molar-refractivity contribution in [2.45, 2.75) is 38.4 Å². The number of ether oxygens (including phenoxy) is 2. The maximum atomic E-state index is 12.8. The summed E-state index contributed by atoms with van der Waals surface area (Å²) in [4.78, 5) is 30.4. The largest absolute Gasteiger partial charge is 0.468 e. The number of H-pyrrole nitrogens is 1. The second-order valence-corrected chi connectivity index (χ2v) is 7.86. The average molecular weight is 406 g/mol. The third-order valence-corrected chi connectivity index (χ3v) is 5.89. The average Bonchev–Trinajstić information content (AvgIpc) is 3.15. The van der Waals surface area contributed by atoms with Crippen LogP contribution in [0.5, 0.6) is 0 Å². The quantitative estimate of drug-likeness (QED) is 0.667. The van der Waals surface area contributed by atoms with Crippen LogP contribution in [0.2, 0.25) is 0 Å². The Morgan fingerprint density at radius 1 is 1.03 bits per heavy atom. The fourth-order valence-corrected chi connectivity index (χ4v) is 4.56. The number of fused-ring (bicyclic) bond motifs is 3. The number of esters is 2. The number of hydrogen-bond donors (Lipinski definition) is 1. The summed E-state index contributed by atoms with van der Waals surface area (Å²) in [6.07, 6.45) is 0.584. The predicted molar refractivity (Wildman–Crippen MR) is 114 cm³/mol. The van der Waals surface area contributed by atoms with Gasteiger partial charge in [-0.2, -0.15) is 0 Å². The van der Waals surface area contributed by atoms with Crippen molar-refractivity contribution < 1.29 is 19.1 Å². The number of carbonyl (C=O) groups excluding carboxylic acids is 2. The molecule has 1 unspecified atom stereocenters. The van der Waals surface area contributed by atoms with Crippen LogP contribution in [0.25, 0.3) is 10.9 Å². The molecule has 1 aliphatic heterocycles. The molecule has 0 amide bonds. The van der Waals surface area contributed by atoms with Crippen LogP contribution in [0.4, 0.5) is 0 Å². The van der Waals surface area contributed by atoms with Crippen LogP contribution in [0.15, 0.2) is 48.5 Å². The molecule has 30 heavy (non-hydrogen) atoms. The third kappa shape index (κ3) is 3.27. The highest BCUT2D eigenvalue weighted by Gasteiger charge is 2.42. The minimum atomic E-state index is -0.396. The topological polar surface area (TPSA) is 71.6 Å². The van der Waals surface area contributed by atoms with Crippen molar-refractivity contribution in [3.05, 3.63) is 70.9 Å². The van der Waals surface area contributed by atoms with Gasteiger partial charge in [-0.25, -0.2) is 4.79 Å². The second kappa shape index (κ2) is 7.95. The van der Waals surface area contributed by atoms with Gasteiger partial charge in [0, 0.05) is 29.1 Å². The van der Waals surface area contributed by atoms with Crippen molar-refractivity contribution in [2.75, 3.05) is 14.2 Å². The highest BCUT2D eigenvalue weighted by atomic mass is 16.5. The van der Waals surface area contributed by atoms with Crippen molar-refractivity contribution in [2.24, 2.45) is 0 Å². The fraction of sp³-hybridized carbons (Fsp3) is 0.333. The van der Waals surface area contributed by atoms with Crippen LogP contribution in [-0.4, -0.2) is 48.1 Å². The van der Waals surface area contributed by atoms with Gasteiger partial charge in [-0.3, -0.25) is 9.69 Å². The minimum Gasteiger partial charge on any atom is -0.468 e. The van der Waals surface area contributed by atoms with E-state index in [0.29, 0.717) is 12.0 Å². The maximum Gasteiger partial charge on any atom is 0.337 e. The van der Waals surface area contributed by atoms with Gasteiger partial charge in [-0.05, 0) is 43.2 Å². The molecule has 0 bridgehead atoms. The maximum absolute atomic E-state index is 12.8. The van der Waals surface area contributed by atoms with E-state index in [9.17, 15) is 9.59 Å². The van der Waals surface area contributed by atoms with Crippen LogP contribution in [0.3, 0.4) is 0 Å². The normalized spacial score (nSPS) is 19.0. The zero-order valence-corrected chi connectivity index (χ0v) is 17.6. The first-order chi connectivity index (χ1) is 14.5. The summed E-state index contributed by atoms with van der Waals surface area (Å²) in [5.41, 5.74) is 4.76. The molecule has 0 fully saturated rings. The van der Waals surface area contributed by atoms with E-state index in [1.165, 1.54) is 14.2 Å². The van der Waals surface area contributed by atoms with E-state index in [-0.39, 0.29) is 24.0 Å². The highest BCUT2D eigenvalue weighted by Crippen LogP contribution is 2.42. The zero-order valence-electron chi connectivity index (χ0n) is 17.6. The molecular weight excluding hydrogens is 380 g/mol. The molecule has 6 nitrogen and oxygen atoms in total. The molecule has 0 saturated heterocycles. The monoisotopic (exact) mass is 406 g/mol. The van der Waals surface area contributed by atoms with Crippen molar-refractivity contribution in [1.82, 2.24) is 9.88 Å². The number of carbonyl (C=O) groups is 2. The van der Waals surface area contributed by atoms with Crippen LogP contribution in [0, 0.1) is 0 Å². The van der Waals surface area contributed by atoms with E-state index in [1.54, 1.807) is 12.1 Å². The van der Waals surface area contributed by atoms with E-state index in [1.807, 2.05) is 24.3 Å². The molecule has 4 rings (SSSR count). The Morgan fingerprint density at radius 2 is 1.73 bits per heavy atom. The number of methoxy groups -OCH3 is 2. The third-order valence-electron chi connectivity index (χ3n) is 5.89. The fourth-order valence-electron chi connectivity index (χ4n) is 4.56. The van der Waals surface area contributed by atoms with Gasteiger partial charge in [-0.15, -0.1) is 0 Å². The number of hydrogen-bond acceptors (Lipinski definition) is 5. The Bertz CT molecular complexity index is 1080. The molecule has 2 atom stereocenters. The molecule has 156 valence electrons. The van der Waals surface area contributed by atoms with E-state index in [4.69, 9.17) is 9.47 Å². The lowest BCUT2D eigenvalue weighted by molar-refractivity contribution is -0.149. The molecule has 0 radical (unpaired) electrons. The Morgan fingerprint density at radius 3 is 2.37 bits per heavy atom. The Labute approximate surface area is 175 Å². The Kier molecular flexibility index (Phi) is 5.35. The van der Waals surface area contributed by atoms with Crippen molar-refractivity contribution in [3.8, 4) is 0 Å². The molecule has 1 N–H and O–H groups in total. The SMILES string of the molecule is COC(=O)c1ccc([C@H]2c3[nH]c4ccccc4c3CC(C(=O)OC)N2C(C)C)cc1. The predicted octanol–water partition coefficient (Wildman–Crippen LogP) is 3.85. The molecule has 0 spiro atoms. The van der Waals surface area contributed by atoms with Gasteiger partial charge < -0.3 is 14.5 Å². The van der Waals surface area contributed by atoms with Gasteiger partial charge in [0.25, 0.3) is 0 Å². The summed E-state index contributed by atoms with van der Waals surface area (Å²) in [5, 5.41) is 1.13. The van der Waals surface area contributed by atoms with Gasteiger partial charge in [0.2, 0.25) is 0 Å². The molecule has 1 aliphatic rings. The molecule has 0 saturated carbocycles. The number of nitrogens with zero attached hydrogens (tertiary/aromatic N) is 1. The van der Waals surface area contributed by atoms with E-state index >= 15 is 0 Å². The van der Waals surface area contributed by atoms with Crippen molar-refractivity contribution in [3.63, 3.8) is 0 Å². The smallest absolute Gasteiger partial charge is 0.337 e. The summed E-state index contributed by atoms with van der Waals surface area (Å²) < 4.78 is 9.99. The second-order valence-electron chi connectivity index (χ2n) is 7.86. The Balaban J connectivity index is 1.90. The molecule has 0 aliphatic carbocycles. The summed E-state index contributed by atoms with van der Waals surface area (Å²) >= 11 is 0. The number of aromatic amines is 1. The number of rotatable bonds is 4. The molecule has 2 heterocycles. The molecule has 2 aromatic carbocycles. The van der Waals surface area contributed by atoms with Gasteiger partial charge in [0.15, 0.2) is 0 Å². The highest BCUT2D eigenvalue weighted by molar-refractivity contribution is 5.89. The first kappa shape index (κ1) is 20.2. The zero-order chi connectivity index (χ0) is 21.4.